The van der Waals surface area contributed by atoms with Crippen LogP contribution in [-0.4, -0.2) is 38.4 Å². The van der Waals surface area contributed by atoms with Crippen molar-refractivity contribution in [2.24, 2.45) is 0 Å². The molecular weight excluding hydrogens is 248 g/mol. The van der Waals surface area contributed by atoms with Crippen molar-refractivity contribution in [1.29, 1.82) is 0 Å². The van der Waals surface area contributed by atoms with Crippen LogP contribution in [-0.2, 0) is 10.2 Å². The maximum atomic E-state index is 5.81. The van der Waals surface area contributed by atoms with E-state index in [1.165, 1.54) is 17.7 Å². The second-order valence-electron chi connectivity index (χ2n) is 6.70. The number of benzene rings is 1. The topological polar surface area (TPSA) is 24.5 Å². The van der Waals surface area contributed by atoms with Crippen LogP contribution in [0.5, 0.6) is 0 Å². The second-order valence-corrected chi connectivity index (χ2v) is 6.70. The van der Waals surface area contributed by atoms with Crippen LogP contribution in [0.15, 0.2) is 24.3 Å². The molecule has 2 heterocycles. The van der Waals surface area contributed by atoms with Gasteiger partial charge in [-0.25, -0.2) is 0 Å². The highest BCUT2D eigenvalue weighted by Crippen LogP contribution is 2.31. The van der Waals surface area contributed by atoms with Gasteiger partial charge in [-0.3, -0.25) is 0 Å². The Morgan fingerprint density at radius 2 is 1.80 bits per heavy atom. The Morgan fingerprint density at radius 3 is 2.35 bits per heavy atom. The summed E-state index contributed by atoms with van der Waals surface area (Å²) < 4.78 is 5.81. The zero-order valence-electron chi connectivity index (χ0n) is 12.9. The van der Waals surface area contributed by atoms with Crippen LogP contribution in [0.25, 0.3) is 0 Å². The van der Waals surface area contributed by atoms with Crippen molar-refractivity contribution in [2.45, 2.75) is 44.8 Å². The van der Waals surface area contributed by atoms with Crippen LogP contribution in [0.3, 0.4) is 0 Å². The highest BCUT2D eigenvalue weighted by Gasteiger charge is 2.30. The van der Waals surface area contributed by atoms with Crippen molar-refractivity contribution >= 4 is 5.69 Å². The fourth-order valence-corrected chi connectivity index (χ4v) is 3.53. The molecule has 1 N–H and O–H groups in total. The van der Waals surface area contributed by atoms with E-state index < -0.39 is 0 Å². The van der Waals surface area contributed by atoms with E-state index in [0.29, 0.717) is 17.6 Å². The monoisotopic (exact) mass is 274 g/mol. The van der Waals surface area contributed by atoms with Gasteiger partial charge < -0.3 is 15.0 Å². The van der Waals surface area contributed by atoms with E-state index in [9.17, 15) is 0 Å². The van der Waals surface area contributed by atoms with Crippen molar-refractivity contribution in [2.75, 3.05) is 31.1 Å². The zero-order chi connectivity index (χ0) is 14.2. The van der Waals surface area contributed by atoms with Crippen LogP contribution in [0.4, 0.5) is 5.69 Å². The molecule has 3 rings (SSSR count). The molecule has 1 aromatic rings. The first kappa shape index (κ1) is 13.9. The first-order valence-electron chi connectivity index (χ1n) is 7.78. The number of morpholine rings is 1. The Bertz CT molecular complexity index is 441. The molecule has 0 radical (unpaired) electrons. The molecule has 3 unspecified atom stereocenters. The highest BCUT2D eigenvalue weighted by atomic mass is 16.5. The van der Waals surface area contributed by atoms with Crippen LogP contribution >= 0.6 is 0 Å². The summed E-state index contributed by atoms with van der Waals surface area (Å²) in [5, 5.41) is 3.47. The summed E-state index contributed by atoms with van der Waals surface area (Å²) in [6.45, 7) is 10.9. The Balaban J connectivity index is 1.76. The minimum absolute atomic E-state index is 0.310. The van der Waals surface area contributed by atoms with Gasteiger partial charge in [0.15, 0.2) is 0 Å². The summed E-state index contributed by atoms with van der Waals surface area (Å²) in [5.74, 6) is 0. The average Bonchev–Trinajstić information content (AvgIpc) is 2.86. The summed E-state index contributed by atoms with van der Waals surface area (Å²) in [6, 6.07) is 9.19. The summed E-state index contributed by atoms with van der Waals surface area (Å²) >= 11 is 0. The first-order valence-corrected chi connectivity index (χ1v) is 7.78. The Hall–Kier alpha value is -1.06. The van der Waals surface area contributed by atoms with Gasteiger partial charge in [0.1, 0.15) is 0 Å². The van der Waals surface area contributed by atoms with Crippen molar-refractivity contribution < 1.29 is 4.74 Å². The van der Waals surface area contributed by atoms with Gasteiger partial charge in [0.2, 0.25) is 0 Å². The molecule has 0 spiro atoms. The molecular formula is C17H26N2O. The summed E-state index contributed by atoms with van der Waals surface area (Å²) in [6.07, 6.45) is 1.86. The minimum atomic E-state index is 0.310. The number of ether oxygens (including phenoxy) is 1. The molecule has 20 heavy (non-hydrogen) atoms. The molecule has 110 valence electrons. The van der Waals surface area contributed by atoms with E-state index in [4.69, 9.17) is 4.74 Å². The molecule has 2 aliphatic rings. The summed E-state index contributed by atoms with van der Waals surface area (Å²) in [7, 11) is 0. The number of nitrogens with zero attached hydrogens (tertiary/aromatic N) is 1. The third-order valence-corrected chi connectivity index (χ3v) is 4.72. The average molecular weight is 274 g/mol. The summed E-state index contributed by atoms with van der Waals surface area (Å²) in [4.78, 5) is 2.44. The van der Waals surface area contributed by atoms with Crippen molar-refractivity contribution in [1.82, 2.24) is 5.32 Å². The Kier molecular flexibility index (Phi) is 3.74. The zero-order valence-corrected chi connectivity index (χ0v) is 12.9. The highest BCUT2D eigenvalue weighted by molar-refractivity contribution is 5.49. The van der Waals surface area contributed by atoms with E-state index in [0.717, 1.165) is 26.2 Å². The van der Waals surface area contributed by atoms with Crippen molar-refractivity contribution in [3.05, 3.63) is 29.8 Å². The lowest BCUT2D eigenvalue weighted by Gasteiger charge is -2.37. The SMILES string of the molecule is CC1CN(c2ccc(C3(C)CCNC3)cc2)CC(C)O1. The van der Waals surface area contributed by atoms with Gasteiger partial charge >= 0.3 is 0 Å². The van der Waals surface area contributed by atoms with Gasteiger partial charge in [0.25, 0.3) is 0 Å². The molecule has 3 atom stereocenters. The first-order chi connectivity index (χ1) is 9.57. The van der Waals surface area contributed by atoms with Crippen LogP contribution in [0.1, 0.15) is 32.8 Å². The maximum absolute atomic E-state index is 5.81. The number of anilines is 1. The third kappa shape index (κ3) is 2.70. The van der Waals surface area contributed by atoms with E-state index in [1.807, 2.05) is 0 Å². The minimum Gasteiger partial charge on any atom is -0.372 e. The van der Waals surface area contributed by atoms with E-state index >= 15 is 0 Å². The standard InChI is InChI=1S/C17H26N2O/c1-13-10-19(11-14(2)20-13)16-6-4-15(5-7-16)17(3)8-9-18-12-17/h4-7,13-14,18H,8-12H2,1-3H3. The largest absolute Gasteiger partial charge is 0.372 e. The normalized spacial score (nSPS) is 34.5. The fourth-order valence-electron chi connectivity index (χ4n) is 3.53. The van der Waals surface area contributed by atoms with Gasteiger partial charge in [0.05, 0.1) is 12.2 Å². The molecule has 2 aliphatic heterocycles. The van der Waals surface area contributed by atoms with Gasteiger partial charge in [-0.1, -0.05) is 19.1 Å². The Labute approximate surface area is 122 Å². The van der Waals surface area contributed by atoms with Crippen molar-refractivity contribution in [3.63, 3.8) is 0 Å². The second kappa shape index (κ2) is 5.38. The molecule has 0 saturated carbocycles. The van der Waals surface area contributed by atoms with Crippen LogP contribution < -0.4 is 10.2 Å². The van der Waals surface area contributed by atoms with E-state index in [1.54, 1.807) is 0 Å². The molecule has 3 heteroatoms. The predicted molar refractivity (Wildman–Crippen MR) is 83.5 cm³/mol. The predicted octanol–water partition coefficient (Wildman–Crippen LogP) is 2.55. The fraction of sp³-hybridized carbons (Fsp3) is 0.647. The van der Waals surface area contributed by atoms with Crippen molar-refractivity contribution in [3.8, 4) is 0 Å². The third-order valence-electron chi connectivity index (χ3n) is 4.72. The quantitative estimate of drug-likeness (QED) is 0.897. The maximum Gasteiger partial charge on any atom is 0.0726 e. The van der Waals surface area contributed by atoms with E-state index in [2.05, 4.69) is 55.3 Å². The smallest absolute Gasteiger partial charge is 0.0726 e. The van der Waals surface area contributed by atoms with Crippen LogP contribution in [0.2, 0.25) is 0 Å². The van der Waals surface area contributed by atoms with Gasteiger partial charge in [-0.2, -0.15) is 0 Å². The van der Waals surface area contributed by atoms with Gasteiger partial charge in [-0.15, -0.1) is 0 Å². The Morgan fingerprint density at radius 1 is 1.15 bits per heavy atom. The lowest BCUT2D eigenvalue weighted by Crippen LogP contribution is -2.45. The summed E-state index contributed by atoms with van der Waals surface area (Å²) in [5.41, 5.74) is 3.09. The van der Waals surface area contributed by atoms with Crippen LogP contribution in [0, 0.1) is 0 Å². The molecule has 0 bridgehead atoms. The van der Waals surface area contributed by atoms with Gasteiger partial charge in [-0.05, 0) is 44.5 Å². The molecule has 1 aromatic carbocycles. The molecule has 0 aromatic heterocycles. The lowest BCUT2D eigenvalue weighted by molar-refractivity contribution is -0.00521. The number of hydrogen-bond acceptors (Lipinski definition) is 3. The lowest BCUT2D eigenvalue weighted by atomic mass is 9.82. The number of hydrogen-bond donors (Lipinski definition) is 1. The molecule has 0 aliphatic carbocycles. The molecule has 2 saturated heterocycles. The van der Waals surface area contributed by atoms with Gasteiger partial charge in [0, 0.05) is 30.7 Å². The number of rotatable bonds is 2. The van der Waals surface area contributed by atoms with E-state index in [-0.39, 0.29) is 0 Å². The molecule has 3 nitrogen and oxygen atoms in total. The molecule has 0 amide bonds. The number of nitrogens with one attached hydrogen (secondary N) is 1. The molecule has 2 fully saturated rings.